The van der Waals surface area contributed by atoms with Gasteiger partial charge in [-0.25, -0.2) is 0 Å². The van der Waals surface area contributed by atoms with Crippen molar-refractivity contribution < 1.29 is 14.4 Å². The van der Waals surface area contributed by atoms with Crippen LogP contribution in [0.15, 0.2) is 36.4 Å². The van der Waals surface area contributed by atoms with Gasteiger partial charge in [0, 0.05) is 42.6 Å². The molecule has 0 saturated heterocycles. The van der Waals surface area contributed by atoms with Crippen LogP contribution in [0.1, 0.15) is 38.3 Å². The zero-order chi connectivity index (χ0) is 19.4. The number of hydrogen-bond acceptors (Lipinski definition) is 5. The Hall–Kier alpha value is -2.86. The molecule has 2 aromatic rings. The predicted molar refractivity (Wildman–Crippen MR) is 106 cm³/mol. The van der Waals surface area contributed by atoms with Crippen LogP contribution in [0, 0.1) is 0 Å². The molecule has 0 aliphatic heterocycles. The number of rotatable bonds is 7. The van der Waals surface area contributed by atoms with Crippen LogP contribution in [0.3, 0.4) is 0 Å². The van der Waals surface area contributed by atoms with Gasteiger partial charge >= 0.3 is 0 Å². The number of nitrogens with one attached hydrogen (secondary N) is 3. The van der Waals surface area contributed by atoms with Crippen molar-refractivity contribution in [1.82, 2.24) is 5.32 Å². The lowest BCUT2D eigenvalue weighted by atomic mass is 9.82. The number of alkyl halides is 1. The first-order valence-corrected chi connectivity index (χ1v) is 9.21. The minimum Gasteiger partial charge on any atom is -0.388 e. The minimum absolute atomic E-state index is 0.0670. The number of ketones is 2. The molecule has 0 saturated carbocycles. The fraction of sp³-hybridized carbons (Fsp3) is 0.250. The normalized spacial score (nSPS) is 12.2. The van der Waals surface area contributed by atoms with E-state index >= 15 is 0 Å². The molecule has 2 aromatic carbocycles. The Labute approximate surface area is 162 Å². The van der Waals surface area contributed by atoms with E-state index in [9.17, 15) is 14.4 Å². The van der Waals surface area contributed by atoms with Crippen molar-refractivity contribution >= 4 is 40.4 Å². The number of benzene rings is 2. The molecule has 7 heteroatoms. The maximum Gasteiger partial charge on any atom is 0.234 e. The number of amides is 1. The number of carbonyl (C=O) groups excluding carboxylic acids is 3. The molecule has 0 radical (unpaired) electrons. The quantitative estimate of drug-likeness (QED) is 0.430. The van der Waals surface area contributed by atoms with E-state index in [1.54, 1.807) is 43.4 Å². The number of anilines is 2. The lowest BCUT2D eigenvalue weighted by molar-refractivity contribution is -0.118. The van der Waals surface area contributed by atoms with E-state index in [1.165, 1.54) is 0 Å². The Morgan fingerprint density at radius 3 is 2.11 bits per heavy atom. The van der Waals surface area contributed by atoms with E-state index < -0.39 is 0 Å². The highest BCUT2D eigenvalue weighted by molar-refractivity contribution is 6.31. The zero-order valence-corrected chi connectivity index (χ0v) is 15.7. The summed E-state index contributed by atoms with van der Waals surface area (Å²) in [6.45, 7) is 1.02. The van der Waals surface area contributed by atoms with Crippen LogP contribution < -0.4 is 16.0 Å². The summed E-state index contributed by atoms with van der Waals surface area (Å²) >= 11 is 5.44. The standard InChI is InChI=1S/C20H20ClN3O3/c1-22-14-7-8-15(23-9-4-10-24-16(25)11-21)18-17(14)19(26)12-5-2-3-6-13(12)20(18)27/h2-3,5-8,22-23H,4,9-11H2,1H3,(H,24,25). The molecule has 0 atom stereocenters. The highest BCUT2D eigenvalue weighted by atomic mass is 35.5. The lowest BCUT2D eigenvalue weighted by Crippen LogP contribution is -2.27. The summed E-state index contributed by atoms with van der Waals surface area (Å²) in [5.41, 5.74) is 2.85. The van der Waals surface area contributed by atoms with Gasteiger partial charge in [0.25, 0.3) is 0 Å². The Kier molecular flexibility index (Phi) is 5.76. The first kappa shape index (κ1) is 18.9. The summed E-state index contributed by atoms with van der Waals surface area (Å²) in [4.78, 5) is 37.2. The van der Waals surface area contributed by atoms with Gasteiger partial charge in [-0.15, -0.1) is 11.6 Å². The topological polar surface area (TPSA) is 87.3 Å². The SMILES string of the molecule is CNc1ccc(NCCCNC(=O)CCl)c2c1C(=O)c1ccccc1C2=O. The molecule has 0 fully saturated rings. The monoisotopic (exact) mass is 385 g/mol. The largest absolute Gasteiger partial charge is 0.388 e. The van der Waals surface area contributed by atoms with Crippen LogP contribution in [0.4, 0.5) is 11.4 Å². The molecule has 0 bridgehead atoms. The molecule has 0 aromatic heterocycles. The van der Waals surface area contributed by atoms with Crippen molar-refractivity contribution in [3.05, 3.63) is 58.7 Å². The van der Waals surface area contributed by atoms with Crippen LogP contribution in [-0.2, 0) is 4.79 Å². The smallest absolute Gasteiger partial charge is 0.234 e. The van der Waals surface area contributed by atoms with Crippen LogP contribution in [-0.4, -0.2) is 43.5 Å². The average Bonchev–Trinajstić information content (AvgIpc) is 2.71. The molecular weight excluding hydrogens is 366 g/mol. The van der Waals surface area contributed by atoms with E-state index in [4.69, 9.17) is 11.6 Å². The Morgan fingerprint density at radius 1 is 0.926 bits per heavy atom. The molecular formula is C20H20ClN3O3. The molecule has 6 nitrogen and oxygen atoms in total. The van der Waals surface area contributed by atoms with Crippen LogP contribution in [0.5, 0.6) is 0 Å². The fourth-order valence-electron chi connectivity index (χ4n) is 3.16. The summed E-state index contributed by atoms with van der Waals surface area (Å²) in [6.07, 6.45) is 0.657. The van der Waals surface area contributed by atoms with Crippen molar-refractivity contribution in [2.24, 2.45) is 0 Å². The van der Waals surface area contributed by atoms with E-state index in [0.29, 0.717) is 53.1 Å². The van der Waals surface area contributed by atoms with Crippen LogP contribution in [0.2, 0.25) is 0 Å². The second-order valence-corrected chi connectivity index (χ2v) is 6.40. The third-order valence-corrected chi connectivity index (χ3v) is 4.70. The Morgan fingerprint density at radius 2 is 1.52 bits per heavy atom. The maximum absolute atomic E-state index is 13.1. The van der Waals surface area contributed by atoms with Gasteiger partial charge in [-0.1, -0.05) is 24.3 Å². The maximum atomic E-state index is 13.1. The average molecular weight is 386 g/mol. The van der Waals surface area contributed by atoms with Gasteiger partial charge in [0.1, 0.15) is 5.88 Å². The first-order chi connectivity index (χ1) is 13.1. The highest BCUT2D eigenvalue weighted by Gasteiger charge is 2.33. The highest BCUT2D eigenvalue weighted by Crippen LogP contribution is 2.36. The summed E-state index contributed by atoms with van der Waals surface area (Å²) in [5, 5.41) is 8.90. The molecule has 0 unspecified atom stereocenters. The van der Waals surface area contributed by atoms with Crippen LogP contribution >= 0.6 is 11.6 Å². The molecule has 3 N–H and O–H groups in total. The molecule has 1 amide bonds. The molecule has 0 heterocycles. The van der Waals surface area contributed by atoms with Gasteiger partial charge in [-0.3, -0.25) is 14.4 Å². The van der Waals surface area contributed by atoms with Crippen LogP contribution in [0.25, 0.3) is 0 Å². The number of halogens is 1. The molecule has 1 aliphatic carbocycles. The number of carbonyl (C=O) groups is 3. The second kappa shape index (κ2) is 8.22. The van der Waals surface area contributed by atoms with E-state index in [0.717, 1.165) is 0 Å². The zero-order valence-electron chi connectivity index (χ0n) is 14.9. The number of fused-ring (bicyclic) bond motifs is 2. The lowest BCUT2D eigenvalue weighted by Gasteiger charge is -2.23. The third-order valence-electron chi connectivity index (χ3n) is 4.46. The van der Waals surface area contributed by atoms with E-state index in [2.05, 4.69) is 16.0 Å². The minimum atomic E-state index is -0.218. The van der Waals surface area contributed by atoms with Crippen molar-refractivity contribution in [3.63, 3.8) is 0 Å². The first-order valence-electron chi connectivity index (χ1n) is 8.68. The Balaban J connectivity index is 1.87. The Bertz CT molecular complexity index is 911. The summed E-state index contributed by atoms with van der Waals surface area (Å²) in [7, 11) is 1.72. The van der Waals surface area contributed by atoms with Crippen molar-refractivity contribution in [2.75, 3.05) is 36.7 Å². The fourth-order valence-corrected chi connectivity index (χ4v) is 3.26. The number of hydrogen-bond donors (Lipinski definition) is 3. The van der Waals surface area contributed by atoms with Gasteiger partial charge in [-0.05, 0) is 18.6 Å². The second-order valence-electron chi connectivity index (χ2n) is 6.13. The van der Waals surface area contributed by atoms with Crippen molar-refractivity contribution in [3.8, 4) is 0 Å². The van der Waals surface area contributed by atoms with Gasteiger partial charge in [0.15, 0.2) is 11.6 Å². The predicted octanol–water partition coefficient (Wildman–Crippen LogP) is 2.66. The van der Waals surface area contributed by atoms with Crippen molar-refractivity contribution in [1.29, 1.82) is 0 Å². The molecule has 27 heavy (non-hydrogen) atoms. The van der Waals surface area contributed by atoms with Gasteiger partial charge in [-0.2, -0.15) is 0 Å². The molecule has 3 rings (SSSR count). The summed E-state index contributed by atoms with van der Waals surface area (Å²) in [5.74, 6) is -0.620. The molecule has 1 aliphatic rings. The van der Waals surface area contributed by atoms with E-state index in [1.807, 2.05) is 0 Å². The summed E-state index contributed by atoms with van der Waals surface area (Å²) in [6, 6.07) is 10.4. The molecule has 0 spiro atoms. The van der Waals surface area contributed by atoms with Gasteiger partial charge < -0.3 is 16.0 Å². The van der Waals surface area contributed by atoms with E-state index in [-0.39, 0.29) is 23.4 Å². The summed E-state index contributed by atoms with van der Waals surface area (Å²) < 4.78 is 0. The van der Waals surface area contributed by atoms with Gasteiger partial charge in [0.2, 0.25) is 5.91 Å². The molecule has 140 valence electrons. The van der Waals surface area contributed by atoms with Gasteiger partial charge in [0.05, 0.1) is 11.1 Å². The van der Waals surface area contributed by atoms with Crippen molar-refractivity contribution in [2.45, 2.75) is 6.42 Å². The third kappa shape index (κ3) is 3.66.